The van der Waals surface area contributed by atoms with Gasteiger partial charge in [-0.15, -0.1) is 23.2 Å². The van der Waals surface area contributed by atoms with Crippen LogP contribution in [0.3, 0.4) is 0 Å². The normalized spacial score (nSPS) is 13.2. The Hall–Kier alpha value is -0.500. The van der Waals surface area contributed by atoms with Crippen molar-refractivity contribution in [2.75, 3.05) is 29.6 Å². The molecule has 0 aliphatic carbocycles. The molecule has 1 N–H and O–H groups in total. The molecular weight excluding hydrogens is 357 g/mol. The molecule has 9 heteroatoms. The fraction of sp³-hybridized carbons (Fsp3) is 0.500. The minimum absolute atomic E-state index is 0.0630. The van der Waals surface area contributed by atoms with Gasteiger partial charge in [0, 0.05) is 24.3 Å². The predicted octanol–water partition coefficient (Wildman–Crippen LogP) is 2.14. The summed E-state index contributed by atoms with van der Waals surface area (Å²) in [4.78, 5) is -0.168. The van der Waals surface area contributed by atoms with Gasteiger partial charge in [0.1, 0.15) is 0 Å². The van der Waals surface area contributed by atoms with Gasteiger partial charge in [-0.1, -0.05) is 0 Å². The van der Waals surface area contributed by atoms with Crippen LogP contribution < -0.4 is 5.32 Å². The lowest BCUT2D eigenvalue weighted by atomic mass is 10.1. The third-order valence-corrected chi connectivity index (χ3v) is 6.23. The standard InChI is InChI=1S/C12H17Cl2NO4S2/c1-12(7-13,8-14)15-10-5-4-9(20(2,16)17)6-11(10)21(3,18)19/h4-6,15H,7-8H2,1-3H3. The maximum atomic E-state index is 11.9. The van der Waals surface area contributed by atoms with Crippen molar-refractivity contribution in [3.05, 3.63) is 18.2 Å². The Labute approximate surface area is 135 Å². The molecule has 0 heterocycles. The number of anilines is 1. The molecule has 0 spiro atoms. The van der Waals surface area contributed by atoms with E-state index in [0.29, 0.717) is 0 Å². The first-order valence-electron chi connectivity index (χ1n) is 5.87. The number of hydrogen-bond acceptors (Lipinski definition) is 5. The summed E-state index contributed by atoms with van der Waals surface area (Å²) in [6, 6.07) is 3.88. The minimum atomic E-state index is -3.62. The van der Waals surface area contributed by atoms with Crippen molar-refractivity contribution < 1.29 is 16.8 Å². The van der Waals surface area contributed by atoms with Gasteiger partial charge in [-0.3, -0.25) is 0 Å². The molecule has 0 aliphatic heterocycles. The Morgan fingerprint density at radius 2 is 1.57 bits per heavy atom. The Bertz CT molecular complexity index is 726. The van der Waals surface area contributed by atoms with Crippen molar-refractivity contribution in [1.82, 2.24) is 0 Å². The van der Waals surface area contributed by atoms with Crippen LogP contribution in [0.15, 0.2) is 28.0 Å². The zero-order chi connectivity index (χ0) is 16.5. The summed E-state index contributed by atoms with van der Waals surface area (Å²) >= 11 is 11.7. The molecule has 0 atom stereocenters. The monoisotopic (exact) mass is 373 g/mol. The third-order valence-electron chi connectivity index (χ3n) is 2.81. The maximum Gasteiger partial charge on any atom is 0.177 e. The van der Waals surface area contributed by atoms with E-state index in [1.54, 1.807) is 6.92 Å². The van der Waals surface area contributed by atoms with Crippen molar-refractivity contribution in [2.24, 2.45) is 0 Å². The Balaban J connectivity index is 3.48. The highest BCUT2D eigenvalue weighted by Crippen LogP contribution is 2.28. The highest BCUT2D eigenvalue weighted by atomic mass is 35.5. The van der Waals surface area contributed by atoms with Crippen LogP contribution in [-0.4, -0.2) is 46.6 Å². The maximum absolute atomic E-state index is 11.9. The van der Waals surface area contributed by atoms with Crippen LogP contribution in [-0.2, 0) is 19.7 Å². The van der Waals surface area contributed by atoms with Gasteiger partial charge < -0.3 is 5.32 Å². The van der Waals surface area contributed by atoms with Crippen LogP contribution in [0.4, 0.5) is 5.69 Å². The fourth-order valence-electron chi connectivity index (χ4n) is 1.57. The van der Waals surface area contributed by atoms with Gasteiger partial charge in [0.2, 0.25) is 0 Å². The van der Waals surface area contributed by atoms with Crippen molar-refractivity contribution in [1.29, 1.82) is 0 Å². The van der Waals surface area contributed by atoms with E-state index in [2.05, 4.69) is 5.32 Å². The molecule has 0 aliphatic rings. The lowest BCUT2D eigenvalue weighted by molar-refractivity contribution is 0.599. The number of halogens is 2. The van der Waals surface area contributed by atoms with Crippen LogP contribution in [0.2, 0.25) is 0 Å². The summed E-state index contributed by atoms with van der Waals surface area (Å²) in [6.07, 6.45) is 2.03. The van der Waals surface area contributed by atoms with Crippen molar-refractivity contribution >= 4 is 48.6 Å². The summed E-state index contributed by atoms with van der Waals surface area (Å²) < 4.78 is 46.9. The zero-order valence-electron chi connectivity index (χ0n) is 11.9. The predicted molar refractivity (Wildman–Crippen MR) is 86.1 cm³/mol. The van der Waals surface area contributed by atoms with Gasteiger partial charge in [0.05, 0.1) is 21.0 Å². The molecule has 120 valence electrons. The average molecular weight is 374 g/mol. The van der Waals surface area contributed by atoms with Crippen LogP contribution in [0.1, 0.15) is 6.92 Å². The molecule has 0 radical (unpaired) electrons. The zero-order valence-corrected chi connectivity index (χ0v) is 15.0. The molecule has 21 heavy (non-hydrogen) atoms. The van der Waals surface area contributed by atoms with E-state index in [-0.39, 0.29) is 27.2 Å². The van der Waals surface area contributed by atoms with E-state index < -0.39 is 25.2 Å². The summed E-state index contributed by atoms with van der Waals surface area (Å²) in [5.74, 6) is 0.320. The van der Waals surface area contributed by atoms with Crippen molar-refractivity contribution in [3.63, 3.8) is 0 Å². The number of nitrogens with one attached hydrogen (secondary N) is 1. The van der Waals surface area contributed by atoms with Gasteiger partial charge in [-0.05, 0) is 25.1 Å². The number of alkyl halides is 2. The largest absolute Gasteiger partial charge is 0.376 e. The molecule has 0 unspecified atom stereocenters. The van der Waals surface area contributed by atoms with Crippen LogP contribution >= 0.6 is 23.2 Å². The molecule has 0 aromatic heterocycles. The molecule has 0 saturated heterocycles. The van der Waals surface area contributed by atoms with Crippen LogP contribution in [0.5, 0.6) is 0 Å². The topological polar surface area (TPSA) is 80.3 Å². The summed E-state index contributed by atoms with van der Waals surface area (Å²) in [5.41, 5.74) is -0.441. The quantitative estimate of drug-likeness (QED) is 0.772. The molecule has 0 fully saturated rings. The average Bonchev–Trinajstić information content (AvgIpc) is 2.36. The second kappa shape index (κ2) is 6.32. The highest BCUT2D eigenvalue weighted by molar-refractivity contribution is 7.91. The first-order chi connectivity index (χ1) is 9.43. The smallest absolute Gasteiger partial charge is 0.177 e. The van der Waals surface area contributed by atoms with Gasteiger partial charge in [0.15, 0.2) is 19.7 Å². The van der Waals surface area contributed by atoms with Crippen molar-refractivity contribution in [2.45, 2.75) is 22.3 Å². The fourth-order valence-corrected chi connectivity index (χ4v) is 3.57. The molecule has 1 aromatic carbocycles. The number of benzene rings is 1. The second-order valence-corrected chi connectivity index (χ2v) is 9.69. The Kier molecular flexibility index (Phi) is 5.58. The van der Waals surface area contributed by atoms with E-state index in [4.69, 9.17) is 23.2 Å². The van der Waals surface area contributed by atoms with Gasteiger partial charge >= 0.3 is 0 Å². The van der Waals surface area contributed by atoms with Crippen molar-refractivity contribution in [3.8, 4) is 0 Å². The number of rotatable bonds is 6. The van der Waals surface area contributed by atoms with E-state index in [1.807, 2.05) is 0 Å². The Morgan fingerprint density at radius 1 is 1.05 bits per heavy atom. The molecular formula is C12H17Cl2NO4S2. The first-order valence-corrected chi connectivity index (χ1v) is 10.7. The minimum Gasteiger partial charge on any atom is -0.376 e. The summed E-state index contributed by atoms with van der Waals surface area (Å²) in [7, 11) is -7.12. The summed E-state index contributed by atoms with van der Waals surface area (Å²) in [6.45, 7) is 1.74. The Morgan fingerprint density at radius 3 is 1.95 bits per heavy atom. The highest BCUT2D eigenvalue weighted by Gasteiger charge is 2.25. The first kappa shape index (κ1) is 18.5. The SMILES string of the molecule is CC(CCl)(CCl)Nc1ccc(S(C)(=O)=O)cc1S(C)(=O)=O. The van der Waals surface area contributed by atoms with E-state index in [0.717, 1.165) is 18.6 Å². The van der Waals surface area contributed by atoms with E-state index in [9.17, 15) is 16.8 Å². The van der Waals surface area contributed by atoms with Crippen LogP contribution in [0.25, 0.3) is 0 Å². The molecule has 0 bridgehead atoms. The molecule has 1 rings (SSSR count). The van der Waals surface area contributed by atoms with Gasteiger partial charge in [-0.2, -0.15) is 0 Å². The molecule has 5 nitrogen and oxygen atoms in total. The third kappa shape index (κ3) is 4.74. The van der Waals surface area contributed by atoms with E-state index >= 15 is 0 Å². The lowest BCUT2D eigenvalue weighted by Crippen LogP contribution is -2.39. The second-order valence-electron chi connectivity index (χ2n) is 5.16. The molecule has 0 saturated carbocycles. The number of sulfone groups is 2. The van der Waals surface area contributed by atoms with Crippen LogP contribution in [0, 0.1) is 0 Å². The van der Waals surface area contributed by atoms with E-state index in [1.165, 1.54) is 12.1 Å². The van der Waals surface area contributed by atoms with Gasteiger partial charge in [0.25, 0.3) is 0 Å². The molecule has 1 aromatic rings. The molecule has 0 amide bonds. The number of hydrogen-bond donors (Lipinski definition) is 1. The summed E-state index contributed by atoms with van der Waals surface area (Å²) in [5, 5.41) is 2.97. The van der Waals surface area contributed by atoms with Gasteiger partial charge in [-0.25, -0.2) is 16.8 Å². The lowest BCUT2D eigenvalue weighted by Gasteiger charge is -2.28.